The molecule has 8 nitrogen and oxygen atoms in total. The van der Waals surface area contributed by atoms with Crippen LogP contribution >= 0.6 is 11.3 Å². The SMILES string of the molecule is CN(C)C(=O)C1CCCN1CCCNC(=O)Nc1nnc(C2CCCCC2)s1. The zero-order valence-corrected chi connectivity index (χ0v) is 17.8. The van der Waals surface area contributed by atoms with Crippen molar-refractivity contribution in [2.45, 2.75) is 63.3 Å². The van der Waals surface area contributed by atoms with Gasteiger partial charge in [-0.1, -0.05) is 30.6 Å². The lowest BCUT2D eigenvalue weighted by Crippen LogP contribution is -2.43. The summed E-state index contributed by atoms with van der Waals surface area (Å²) in [5, 5.41) is 15.7. The summed E-state index contributed by atoms with van der Waals surface area (Å²) in [6.07, 6.45) is 8.96. The summed E-state index contributed by atoms with van der Waals surface area (Å²) in [6, 6.07) is -0.253. The van der Waals surface area contributed by atoms with Crippen molar-refractivity contribution >= 4 is 28.4 Å². The van der Waals surface area contributed by atoms with Gasteiger partial charge in [0, 0.05) is 33.1 Å². The lowest BCUT2D eigenvalue weighted by molar-refractivity contribution is -0.133. The Morgan fingerprint density at radius 2 is 1.93 bits per heavy atom. The van der Waals surface area contributed by atoms with E-state index in [1.165, 1.54) is 43.4 Å². The molecule has 28 heavy (non-hydrogen) atoms. The molecule has 0 spiro atoms. The fraction of sp³-hybridized carbons (Fsp3) is 0.789. The van der Waals surface area contributed by atoms with E-state index in [1.54, 1.807) is 19.0 Å². The van der Waals surface area contributed by atoms with Crippen LogP contribution in [-0.4, -0.2) is 71.7 Å². The van der Waals surface area contributed by atoms with Gasteiger partial charge in [0.2, 0.25) is 11.0 Å². The van der Waals surface area contributed by atoms with E-state index in [-0.39, 0.29) is 18.0 Å². The molecule has 1 saturated carbocycles. The van der Waals surface area contributed by atoms with Crippen LogP contribution in [0.5, 0.6) is 0 Å². The monoisotopic (exact) mass is 408 g/mol. The summed E-state index contributed by atoms with van der Waals surface area (Å²) in [5.74, 6) is 0.677. The van der Waals surface area contributed by atoms with Crippen molar-refractivity contribution in [2.75, 3.05) is 39.0 Å². The topological polar surface area (TPSA) is 90.5 Å². The van der Waals surface area contributed by atoms with Gasteiger partial charge < -0.3 is 10.2 Å². The Morgan fingerprint density at radius 3 is 2.68 bits per heavy atom. The Morgan fingerprint density at radius 1 is 1.14 bits per heavy atom. The van der Waals surface area contributed by atoms with Crippen LogP contribution in [0.2, 0.25) is 0 Å². The molecule has 0 bridgehead atoms. The molecule has 156 valence electrons. The number of hydrogen-bond acceptors (Lipinski definition) is 6. The Labute approximate surface area is 171 Å². The van der Waals surface area contributed by atoms with E-state index in [1.807, 2.05) is 0 Å². The number of rotatable bonds is 7. The highest BCUT2D eigenvalue weighted by molar-refractivity contribution is 7.15. The molecule has 1 aliphatic carbocycles. The summed E-state index contributed by atoms with van der Waals surface area (Å²) in [6.45, 7) is 2.33. The molecule has 3 amide bonds. The smallest absolute Gasteiger partial charge is 0.321 e. The zero-order valence-electron chi connectivity index (χ0n) is 16.9. The summed E-state index contributed by atoms with van der Waals surface area (Å²) >= 11 is 1.49. The number of nitrogens with zero attached hydrogens (tertiary/aromatic N) is 4. The minimum absolute atomic E-state index is 0.0107. The van der Waals surface area contributed by atoms with Crippen molar-refractivity contribution in [2.24, 2.45) is 0 Å². The molecular formula is C19H32N6O2S. The lowest BCUT2D eigenvalue weighted by atomic mass is 9.90. The minimum Gasteiger partial charge on any atom is -0.347 e. The van der Waals surface area contributed by atoms with Gasteiger partial charge in [-0.2, -0.15) is 0 Å². The first-order valence-corrected chi connectivity index (χ1v) is 11.2. The van der Waals surface area contributed by atoms with Crippen LogP contribution < -0.4 is 10.6 Å². The normalized spacial score (nSPS) is 20.9. The highest BCUT2D eigenvalue weighted by Crippen LogP contribution is 2.35. The molecule has 1 saturated heterocycles. The number of anilines is 1. The van der Waals surface area contributed by atoms with Gasteiger partial charge in [-0.15, -0.1) is 10.2 Å². The summed E-state index contributed by atoms with van der Waals surface area (Å²) < 4.78 is 0. The number of carbonyl (C=O) groups is 2. The fourth-order valence-electron chi connectivity index (χ4n) is 4.10. The van der Waals surface area contributed by atoms with Crippen LogP contribution in [0.4, 0.5) is 9.93 Å². The molecule has 2 fully saturated rings. The zero-order chi connectivity index (χ0) is 19.9. The van der Waals surface area contributed by atoms with Gasteiger partial charge in [0.1, 0.15) is 5.01 Å². The third-order valence-electron chi connectivity index (χ3n) is 5.61. The van der Waals surface area contributed by atoms with Gasteiger partial charge in [0.05, 0.1) is 6.04 Å². The maximum absolute atomic E-state index is 12.2. The van der Waals surface area contributed by atoms with E-state index in [2.05, 4.69) is 25.7 Å². The maximum atomic E-state index is 12.2. The molecule has 0 aromatic carbocycles. The van der Waals surface area contributed by atoms with Gasteiger partial charge in [-0.25, -0.2) is 4.79 Å². The second kappa shape index (κ2) is 10.2. The first-order chi connectivity index (χ1) is 13.5. The van der Waals surface area contributed by atoms with E-state index < -0.39 is 0 Å². The molecule has 1 atom stereocenters. The average Bonchev–Trinajstić information content (AvgIpc) is 3.35. The number of amides is 3. The molecule has 1 aromatic heterocycles. The molecule has 0 radical (unpaired) electrons. The van der Waals surface area contributed by atoms with E-state index in [0.717, 1.165) is 37.4 Å². The van der Waals surface area contributed by atoms with E-state index in [4.69, 9.17) is 0 Å². The largest absolute Gasteiger partial charge is 0.347 e. The molecule has 2 N–H and O–H groups in total. The Kier molecular flexibility index (Phi) is 7.61. The van der Waals surface area contributed by atoms with Crippen LogP contribution in [0.3, 0.4) is 0 Å². The third kappa shape index (κ3) is 5.64. The van der Waals surface area contributed by atoms with Crippen molar-refractivity contribution in [3.63, 3.8) is 0 Å². The quantitative estimate of drug-likeness (QED) is 0.677. The minimum atomic E-state index is -0.242. The van der Waals surface area contributed by atoms with Crippen molar-refractivity contribution < 1.29 is 9.59 Å². The second-order valence-corrected chi connectivity index (χ2v) is 8.95. The molecule has 1 unspecified atom stereocenters. The van der Waals surface area contributed by atoms with Gasteiger partial charge in [0.15, 0.2) is 0 Å². The van der Waals surface area contributed by atoms with Crippen LogP contribution in [0.25, 0.3) is 0 Å². The van der Waals surface area contributed by atoms with Crippen molar-refractivity contribution in [1.29, 1.82) is 0 Å². The van der Waals surface area contributed by atoms with E-state index in [0.29, 0.717) is 17.6 Å². The lowest BCUT2D eigenvalue weighted by Gasteiger charge is -2.26. The number of likely N-dealkylation sites (N-methyl/N-ethyl adjacent to an activating group) is 1. The van der Waals surface area contributed by atoms with Crippen LogP contribution in [-0.2, 0) is 4.79 Å². The van der Waals surface area contributed by atoms with Crippen molar-refractivity contribution in [3.8, 4) is 0 Å². The summed E-state index contributed by atoms with van der Waals surface area (Å²) in [7, 11) is 3.61. The highest BCUT2D eigenvalue weighted by atomic mass is 32.1. The fourth-order valence-corrected chi connectivity index (χ4v) is 5.00. The maximum Gasteiger partial charge on any atom is 0.321 e. The van der Waals surface area contributed by atoms with Crippen molar-refractivity contribution in [1.82, 2.24) is 25.3 Å². The van der Waals surface area contributed by atoms with E-state index >= 15 is 0 Å². The summed E-state index contributed by atoms with van der Waals surface area (Å²) in [4.78, 5) is 28.2. The van der Waals surface area contributed by atoms with Crippen molar-refractivity contribution in [3.05, 3.63) is 5.01 Å². The third-order valence-corrected chi connectivity index (χ3v) is 6.61. The Balaban J connectivity index is 1.36. The Bertz CT molecular complexity index is 659. The molecule has 1 aromatic rings. The second-order valence-electron chi connectivity index (χ2n) is 7.94. The van der Waals surface area contributed by atoms with Gasteiger partial charge >= 0.3 is 6.03 Å². The van der Waals surface area contributed by atoms with Gasteiger partial charge in [0.25, 0.3) is 0 Å². The van der Waals surface area contributed by atoms with E-state index in [9.17, 15) is 9.59 Å². The average molecular weight is 409 g/mol. The van der Waals surface area contributed by atoms with Crippen LogP contribution in [0, 0.1) is 0 Å². The first-order valence-electron chi connectivity index (χ1n) is 10.4. The number of likely N-dealkylation sites (tertiary alicyclic amines) is 1. The molecule has 3 rings (SSSR count). The molecule has 2 heterocycles. The number of urea groups is 1. The highest BCUT2D eigenvalue weighted by Gasteiger charge is 2.31. The summed E-state index contributed by atoms with van der Waals surface area (Å²) in [5.41, 5.74) is 0. The number of aromatic nitrogens is 2. The predicted molar refractivity (Wildman–Crippen MR) is 111 cm³/mol. The molecule has 9 heteroatoms. The number of nitrogens with one attached hydrogen (secondary N) is 2. The Hall–Kier alpha value is -1.74. The van der Waals surface area contributed by atoms with Crippen LogP contribution in [0.15, 0.2) is 0 Å². The predicted octanol–water partition coefficient (Wildman–Crippen LogP) is 2.65. The van der Waals surface area contributed by atoms with Crippen LogP contribution in [0.1, 0.15) is 62.3 Å². The molecule has 1 aliphatic heterocycles. The molecule has 2 aliphatic rings. The molecular weight excluding hydrogens is 376 g/mol. The number of carbonyl (C=O) groups excluding carboxylic acids is 2. The van der Waals surface area contributed by atoms with Gasteiger partial charge in [-0.3, -0.25) is 15.0 Å². The first kappa shape index (κ1) is 21.0. The van der Waals surface area contributed by atoms with Gasteiger partial charge in [-0.05, 0) is 38.6 Å². The standard InChI is InChI=1S/C19H32N6O2S/c1-24(2)17(26)15-10-6-12-25(15)13-7-11-20-18(27)21-19-23-22-16(28-19)14-8-4-3-5-9-14/h14-15H,3-13H2,1-2H3,(H2,20,21,23,27). The number of hydrogen-bond donors (Lipinski definition) is 2.